The number of nitrogens with one attached hydrogen (secondary N) is 1. The van der Waals surface area contributed by atoms with Gasteiger partial charge < -0.3 is 10.2 Å². The first-order valence-corrected chi connectivity index (χ1v) is 16.5. The second kappa shape index (κ2) is 15.5. The molecule has 230 valence electrons. The summed E-state index contributed by atoms with van der Waals surface area (Å²) in [5, 5.41) is 3.54. The highest BCUT2D eigenvalue weighted by Crippen LogP contribution is 2.25. The molecule has 7 nitrogen and oxygen atoms in total. The molecule has 0 aliphatic heterocycles. The Morgan fingerprint density at radius 1 is 0.818 bits per heavy atom. The maximum Gasteiger partial charge on any atom is 0.264 e. The lowest BCUT2D eigenvalue weighted by molar-refractivity contribution is -0.140. The van der Waals surface area contributed by atoms with Crippen molar-refractivity contribution in [1.29, 1.82) is 0 Å². The molecule has 4 aromatic rings. The van der Waals surface area contributed by atoms with E-state index in [4.69, 9.17) is 11.6 Å². The number of aryl methyl sites for hydroxylation is 1. The van der Waals surface area contributed by atoms with Crippen LogP contribution in [0.4, 0.5) is 5.69 Å². The molecule has 0 aliphatic rings. The second-order valence-corrected chi connectivity index (χ2v) is 13.0. The number of hydrogen-bond donors (Lipinski definition) is 1. The van der Waals surface area contributed by atoms with Gasteiger partial charge in [0.25, 0.3) is 10.0 Å². The Labute approximate surface area is 265 Å². The van der Waals surface area contributed by atoms with Crippen molar-refractivity contribution >= 4 is 39.1 Å². The third-order valence-corrected chi connectivity index (χ3v) is 9.34. The summed E-state index contributed by atoms with van der Waals surface area (Å²) >= 11 is 6.14. The van der Waals surface area contributed by atoms with E-state index < -0.39 is 28.5 Å². The van der Waals surface area contributed by atoms with Crippen LogP contribution in [0.5, 0.6) is 0 Å². The molecule has 0 radical (unpaired) electrons. The molecule has 4 aromatic carbocycles. The molecule has 1 atom stereocenters. The quantitative estimate of drug-likeness (QED) is 0.163. The van der Waals surface area contributed by atoms with E-state index in [0.29, 0.717) is 17.3 Å². The first-order chi connectivity index (χ1) is 21.2. The van der Waals surface area contributed by atoms with Gasteiger partial charge in [0, 0.05) is 24.5 Å². The molecule has 1 N–H and O–H groups in total. The number of amides is 2. The molecule has 0 aromatic heterocycles. The number of unbranched alkanes of at least 4 members (excludes halogenated alkanes) is 1. The van der Waals surface area contributed by atoms with Crippen LogP contribution in [0.15, 0.2) is 114 Å². The summed E-state index contributed by atoms with van der Waals surface area (Å²) < 4.78 is 29.1. The van der Waals surface area contributed by atoms with Crippen molar-refractivity contribution < 1.29 is 18.0 Å². The first kappa shape index (κ1) is 32.8. The van der Waals surface area contributed by atoms with Crippen molar-refractivity contribution in [3.05, 3.63) is 131 Å². The zero-order chi connectivity index (χ0) is 31.5. The van der Waals surface area contributed by atoms with Crippen LogP contribution in [-0.2, 0) is 32.6 Å². The molecule has 0 aliphatic carbocycles. The second-order valence-electron chi connectivity index (χ2n) is 10.7. The molecule has 0 unspecified atom stereocenters. The molecule has 4 rings (SSSR count). The lowest BCUT2D eigenvalue weighted by atomic mass is 10.0. The van der Waals surface area contributed by atoms with E-state index in [1.165, 1.54) is 17.0 Å². The van der Waals surface area contributed by atoms with E-state index in [9.17, 15) is 18.0 Å². The third-order valence-electron chi connectivity index (χ3n) is 7.30. The highest BCUT2D eigenvalue weighted by Gasteiger charge is 2.34. The maximum absolute atomic E-state index is 14.4. The lowest BCUT2D eigenvalue weighted by Crippen LogP contribution is -2.53. The Morgan fingerprint density at radius 2 is 1.43 bits per heavy atom. The van der Waals surface area contributed by atoms with Gasteiger partial charge in [-0.2, -0.15) is 0 Å². The van der Waals surface area contributed by atoms with Gasteiger partial charge >= 0.3 is 0 Å². The summed E-state index contributed by atoms with van der Waals surface area (Å²) in [6, 6.07) is 30.7. The molecule has 0 saturated carbocycles. The molecule has 0 saturated heterocycles. The number of benzene rings is 4. The Kier molecular flexibility index (Phi) is 11.6. The number of sulfonamides is 1. The fourth-order valence-corrected chi connectivity index (χ4v) is 6.37. The van der Waals surface area contributed by atoms with E-state index in [2.05, 4.69) is 5.32 Å². The summed E-state index contributed by atoms with van der Waals surface area (Å²) in [5.74, 6) is -0.802. The van der Waals surface area contributed by atoms with Gasteiger partial charge in [0.05, 0.1) is 10.6 Å². The Balaban J connectivity index is 1.77. The molecule has 0 spiro atoms. The third kappa shape index (κ3) is 8.71. The summed E-state index contributed by atoms with van der Waals surface area (Å²) in [6.07, 6.45) is 1.96. The monoisotopic (exact) mass is 631 g/mol. The van der Waals surface area contributed by atoms with Crippen LogP contribution in [0, 0.1) is 6.92 Å². The van der Waals surface area contributed by atoms with Gasteiger partial charge in [0.15, 0.2) is 0 Å². The largest absolute Gasteiger partial charge is 0.354 e. The molecule has 9 heteroatoms. The van der Waals surface area contributed by atoms with E-state index in [-0.39, 0.29) is 23.8 Å². The molecule has 0 bridgehead atoms. The van der Waals surface area contributed by atoms with Crippen molar-refractivity contribution in [2.45, 2.75) is 50.6 Å². The molecule has 2 amide bonds. The average molecular weight is 632 g/mol. The van der Waals surface area contributed by atoms with E-state index in [0.717, 1.165) is 33.8 Å². The number of carbonyl (C=O) groups excluding carboxylic acids is 2. The Hall–Kier alpha value is -4.14. The highest BCUT2D eigenvalue weighted by atomic mass is 35.5. The van der Waals surface area contributed by atoms with Gasteiger partial charge in [0.2, 0.25) is 11.8 Å². The minimum Gasteiger partial charge on any atom is -0.354 e. The van der Waals surface area contributed by atoms with Gasteiger partial charge in [-0.05, 0) is 60.9 Å². The van der Waals surface area contributed by atoms with Crippen LogP contribution in [0.2, 0.25) is 5.02 Å². The Morgan fingerprint density at radius 3 is 2.05 bits per heavy atom. The van der Waals surface area contributed by atoms with Gasteiger partial charge in [-0.3, -0.25) is 13.9 Å². The van der Waals surface area contributed by atoms with Crippen LogP contribution in [-0.4, -0.2) is 44.3 Å². The topological polar surface area (TPSA) is 86.8 Å². The van der Waals surface area contributed by atoms with Crippen molar-refractivity contribution in [3.8, 4) is 0 Å². The number of anilines is 1. The smallest absolute Gasteiger partial charge is 0.264 e. The van der Waals surface area contributed by atoms with Gasteiger partial charge in [-0.1, -0.05) is 103 Å². The van der Waals surface area contributed by atoms with E-state index in [1.54, 1.807) is 66.7 Å². The van der Waals surface area contributed by atoms with Crippen LogP contribution >= 0.6 is 11.6 Å². The van der Waals surface area contributed by atoms with Crippen molar-refractivity contribution in [2.24, 2.45) is 0 Å². The fraction of sp³-hybridized carbons (Fsp3) is 0.257. The number of rotatable bonds is 14. The Bertz CT molecular complexity index is 1610. The van der Waals surface area contributed by atoms with Crippen molar-refractivity contribution in [2.75, 3.05) is 17.4 Å². The number of carbonyl (C=O) groups is 2. The van der Waals surface area contributed by atoms with Gasteiger partial charge in [-0.25, -0.2) is 8.42 Å². The molecular formula is C35H38ClN3O4S. The van der Waals surface area contributed by atoms with Crippen molar-refractivity contribution in [3.63, 3.8) is 0 Å². The molecule has 0 heterocycles. The normalized spacial score (nSPS) is 11.9. The lowest BCUT2D eigenvalue weighted by Gasteiger charge is -2.34. The van der Waals surface area contributed by atoms with Crippen LogP contribution < -0.4 is 9.62 Å². The summed E-state index contributed by atoms with van der Waals surface area (Å²) in [5.41, 5.74) is 2.94. The predicted octanol–water partition coefficient (Wildman–Crippen LogP) is 6.40. The maximum atomic E-state index is 14.4. The van der Waals surface area contributed by atoms with Crippen LogP contribution in [0.1, 0.15) is 36.5 Å². The molecular weight excluding hydrogens is 594 g/mol. The summed E-state index contributed by atoms with van der Waals surface area (Å²) in [4.78, 5) is 29.7. The minimum atomic E-state index is -4.13. The molecule has 44 heavy (non-hydrogen) atoms. The number of nitrogens with zero attached hydrogens (tertiary/aromatic N) is 2. The van der Waals surface area contributed by atoms with E-state index in [1.807, 2.05) is 44.2 Å². The minimum absolute atomic E-state index is 0.0655. The SMILES string of the molecule is CCCCNC(=O)[C@@H](Cc1ccccc1)N(Cc1ccc(Cl)cc1)C(=O)CN(c1ccc(C)cc1)S(=O)(=O)c1ccccc1. The average Bonchev–Trinajstić information content (AvgIpc) is 3.03. The first-order valence-electron chi connectivity index (χ1n) is 14.7. The number of halogens is 1. The predicted molar refractivity (Wildman–Crippen MR) is 176 cm³/mol. The molecule has 0 fully saturated rings. The van der Waals surface area contributed by atoms with Crippen molar-refractivity contribution in [1.82, 2.24) is 10.2 Å². The standard InChI is InChI=1S/C35H38ClN3O4S/c1-3-4-23-37-35(41)33(24-28-11-7-5-8-12-28)38(25-29-17-19-30(36)20-18-29)34(40)26-39(31-21-15-27(2)16-22-31)44(42,43)32-13-9-6-10-14-32/h5-22,33H,3-4,23-26H2,1-2H3,(H,37,41)/t33-/m1/s1. The summed E-state index contributed by atoms with van der Waals surface area (Å²) in [7, 11) is -4.13. The summed E-state index contributed by atoms with van der Waals surface area (Å²) in [6.45, 7) is 4.01. The van der Waals surface area contributed by atoms with Gasteiger partial charge in [0.1, 0.15) is 12.6 Å². The van der Waals surface area contributed by atoms with Crippen LogP contribution in [0.3, 0.4) is 0 Å². The zero-order valence-electron chi connectivity index (χ0n) is 25.0. The fourth-order valence-electron chi connectivity index (χ4n) is 4.81. The zero-order valence-corrected chi connectivity index (χ0v) is 26.6. The van der Waals surface area contributed by atoms with Gasteiger partial charge in [-0.15, -0.1) is 0 Å². The van der Waals surface area contributed by atoms with E-state index >= 15 is 0 Å². The number of hydrogen-bond acceptors (Lipinski definition) is 4. The van der Waals surface area contributed by atoms with Crippen LogP contribution in [0.25, 0.3) is 0 Å². The highest BCUT2D eigenvalue weighted by molar-refractivity contribution is 7.92.